The summed E-state index contributed by atoms with van der Waals surface area (Å²) in [5, 5.41) is 4.62. The van der Waals surface area contributed by atoms with Gasteiger partial charge in [0, 0.05) is 30.6 Å². The summed E-state index contributed by atoms with van der Waals surface area (Å²) in [6.45, 7) is 7.47. The van der Waals surface area contributed by atoms with E-state index in [1.807, 2.05) is 20.8 Å². The molecule has 0 N–H and O–H groups in total. The number of pyridine rings is 1. The number of benzene rings is 1. The van der Waals surface area contributed by atoms with E-state index in [2.05, 4.69) is 10.1 Å². The highest BCUT2D eigenvalue weighted by atomic mass is 35.5. The summed E-state index contributed by atoms with van der Waals surface area (Å²) in [6, 6.07) is 4.60. The monoisotopic (exact) mass is 744 g/mol. The second-order valence-corrected chi connectivity index (χ2v) is 17.8. The van der Waals surface area contributed by atoms with Gasteiger partial charge >= 0.3 is 5.97 Å². The zero-order chi connectivity index (χ0) is 35.9. The van der Waals surface area contributed by atoms with Crippen LogP contribution in [0.25, 0.3) is 0 Å². The normalized spacial score (nSPS) is 17.3. The minimum Gasteiger partial charge on any atom is -0.466 e. The first-order valence-corrected chi connectivity index (χ1v) is 19.9. The maximum absolute atomic E-state index is 14.9. The molecule has 268 valence electrons. The summed E-state index contributed by atoms with van der Waals surface area (Å²) in [4.78, 5) is 32.0. The van der Waals surface area contributed by atoms with Crippen LogP contribution in [0.4, 0.5) is 17.6 Å². The molecule has 1 amide bonds. The van der Waals surface area contributed by atoms with Gasteiger partial charge in [0.05, 0.1) is 53.0 Å². The van der Waals surface area contributed by atoms with Gasteiger partial charge in [0.1, 0.15) is 17.3 Å². The van der Waals surface area contributed by atoms with E-state index in [-0.39, 0.29) is 52.8 Å². The number of aromatic nitrogens is 3. The molecule has 1 fully saturated rings. The third-order valence-electron chi connectivity index (χ3n) is 9.44. The van der Waals surface area contributed by atoms with Crippen LogP contribution in [0.5, 0.6) is 0 Å². The lowest BCUT2D eigenvalue weighted by Gasteiger charge is -2.37. The highest BCUT2D eigenvalue weighted by Crippen LogP contribution is 2.39. The molecule has 0 aliphatic heterocycles. The Morgan fingerprint density at radius 3 is 2.08 bits per heavy atom. The minimum absolute atomic E-state index is 0.102. The SMILES string of the molecule is CCOC(=O)[C@H]1CC[C@H](n2ncc(C(=O)N(Cc3cc(F)cc(F)c3)CC(O[Si](CC)(CC)CC)c3c(Cl)cncc3Cl)c2C(F)F)CC1. The Hall–Kier alpha value is -3.00. The highest BCUT2D eigenvalue weighted by molar-refractivity contribution is 6.73. The predicted octanol–water partition coefficient (Wildman–Crippen LogP) is 9.50. The van der Waals surface area contributed by atoms with Crippen LogP contribution in [0.2, 0.25) is 28.2 Å². The van der Waals surface area contributed by atoms with Crippen LogP contribution in [0, 0.1) is 17.6 Å². The van der Waals surface area contributed by atoms with Gasteiger partial charge in [-0.15, -0.1) is 0 Å². The highest BCUT2D eigenvalue weighted by Gasteiger charge is 2.38. The summed E-state index contributed by atoms with van der Waals surface area (Å²) in [5.41, 5.74) is -0.450. The van der Waals surface area contributed by atoms with Crippen LogP contribution in [0.1, 0.15) is 99.1 Å². The van der Waals surface area contributed by atoms with Crippen molar-refractivity contribution < 1.29 is 36.3 Å². The maximum atomic E-state index is 14.9. The first-order chi connectivity index (χ1) is 23.4. The van der Waals surface area contributed by atoms with Crippen LogP contribution >= 0.6 is 23.2 Å². The molecule has 0 bridgehead atoms. The number of nitrogens with zero attached hydrogens (tertiary/aromatic N) is 4. The molecular weight excluding hydrogens is 703 g/mol. The Kier molecular flexibility index (Phi) is 13.7. The lowest BCUT2D eigenvalue weighted by Crippen LogP contribution is -2.42. The van der Waals surface area contributed by atoms with E-state index < -0.39 is 50.1 Å². The Morgan fingerprint density at radius 1 is 0.959 bits per heavy atom. The number of carbonyl (C=O) groups is 2. The summed E-state index contributed by atoms with van der Waals surface area (Å²) in [5.74, 6) is -3.20. The molecule has 1 aliphatic rings. The number of hydrogen-bond donors (Lipinski definition) is 0. The molecule has 1 unspecified atom stereocenters. The van der Waals surface area contributed by atoms with E-state index in [1.54, 1.807) is 6.92 Å². The molecule has 1 aliphatic carbocycles. The third kappa shape index (κ3) is 9.22. The van der Waals surface area contributed by atoms with Gasteiger partial charge in [-0.3, -0.25) is 19.3 Å². The molecular formula is C34H42Cl2F4N4O4Si. The molecule has 15 heteroatoms. The average Bonchev–Trinajstić information content (AvgIpc) is 3.52. The standard InChI is InChI=1S/C34H42Cl2F4N4O4Si/c1-5-47-34(46)22-9-11-25(12-10-22)44-31(32(39)40)26(16-42-44)33(45)43(19-21-13-23(37)15-24(38)14-21)20-29(48-49(6-2,7-3)8-4)30-27(35)17-41-18-28(30)36/h13-18,22,25,29,32H,5-12,19-20H2,1-4H3/t22-,25-,29?. The van der Waals surface area contributed by atoms with Gasteiger partial charge in [-0.25, -0.2) is 17.6 Å². The molecule has 49 heavy (non-hydrogen) atoms. The molecule has 3 aromatic rings. The lowest BCUT2D eigenvalue weighted by molar-refractivity contribution is -0.149. The van der Waals surface area contributed by atoms with E-state index in [1.165, 1.54) is 22.0 Å². The van der Waals surface area contributed by atoms with Crippen LogP contribution < -0.4 is 0 Å². The molecule has 0 saturated heterocycles. The molecule has 2 heterocycles. The van der Waals surface area contributed by atoms with E-state index in [4.69, 9.17) is 32.4 Å². The second kappa shape index (κ2) is 17.3. The average molecular weight is 746 g/mol. The van der Waals surface area contributed by atoms with Crippen LogP contribution in [0.3, 0.4) is 0 Å². The van der Waals surface area contributed by atoms with Crippen molar-refractivity contribution in [1.29, 1.82) is 0 Å². The first-order valence-electron chi connectivity index (χ1n) is 16.6. The van der Waals surface area contributed by atoms with Crippen molar-refractivity contribution in [1.82, 2.24) is 19.7 Å². The van der Waals surface area contributed by atoms with Crippen molar-refractivity contribution >= 4 is 43.4 Å². The molecule has 0 spiro atoms. The fraction of sp³-hybridized carbons (Fsp3) is 0.529. The number of halogens is 6. The molecule has 8 nitrogen and oxygen atoms in total. The Morgan fingerprint density at radius 2 is 1.55 bits per heavy atom. The molecule has 1 saturated carbocycles. The van der Waals surface area contributed by atoms with Gasteiger partial charge in [0.2, 0.25) is 0 Å². The Bertz CT molecular complexity index is 1550. The van der Waals surface area contributed by atoms with Gasteiger partial charge in [-0.1, -0.05) is 44.0 Å². The number of amides is 1. The predicted molar refractivity (Wildman–Crippen MR) is 181 cm³/mol. The number of carbonyl (C=O) groups excluding carboxylic acids is 2. The van der Waals surface area contributed by atoms with Crippen molar-refractivity contribution in [3.63, 3.8) is 0 Å². The van der Waals surface area contributed by atoms with Crippen molar-refractivity contribution in [2.24, 2.45) is 5.92 Å². The van der Waals surface area contributed by atoms with Crippen molar-refractivity contribution in [2.45, 2.75) is 96.6 Å². The molecule has 1 atom stereocenters. The number of hydrogen-bond acceptors (Lipinski definition) is 6. The number of rotatable bonds is 15. The van der Waals surface area contributed by atoms with E-state index >= 15 is 0 Å². The van der Waals surface area contributed by atoms with Crippen molar-refractivity contribution in [3.8, 4) is 0 Å². The molecule has 2 aromatic heterocycles. The summed E-state index contributed by atoms with van der Waals surface area (Å²) < 4.78 is 71.6. The van der Waals surface area contributed by atoms with Gasteiger partial charge in [-0.2, -0.15) is 5.10 Å². The van der Waals surface area contributed by atoms with Crippen molar-refractivity contribution in [3.05, 3.63) is 80.9 Å². The van der Waals surface area contributed by atoms with Crippen LogP contribution in [-0.4, -0.2) is 53.0 Å². The fourth-order valence-corrected chi connectivity index (χ4v) is 10.00. The Balaban J connectivity index is 1.77. The molecule has 4 rings (SSSR count). The summed E-state index contributed by atoms with van der Waals surface area (Å²) in [6.07, 6.45) is 1.54. The topological polar surface area (TPSA) is 86.6 Å². The zero-order valence-corrected chi connectivity index (χ0v) is 30.5. The fourth-order valence-electron chi connectivity index (χ4n) is 6.59. The van der Waals surface area contributed by atoms with E-state index in [0.717, 1.165) is 36.5 Å². The Labute approximate surface area is 295 Å². The smallest absolute Gasteiger partial charge is 0.308 e. The minimum atomic E-state index is -3.07. The van der Waals surface area contributed by atoms with Crippen LogP contribution in [-0.2, 0) is 20.5 Å². The number of alkyl halides is 2. The maximum Gasteiger partial charge on any atom is 0.308 e. The summed E-state index contributed by atoms with van der Waals surface area (Å²) >= 11 is 13.2. The zero-order valence-electron chi connectivity index (χ0n) is 28.0. The van der Waals surface area contributed by atoms with Crippen molar-refractivity contribution in [2.75, 3.05) is 13.2 Å². The first kappa shape index (κ1) is 38.8. The van der Waals surface area contributed by atoms with Gasteiger partial charge in [-0.05, 0) is 68.4 Å². The molecule has 1 aromatic carbocycles. The van der Waals surface area contributed by atoms with Gasteiger partial charge < -0.3 is 14.1 Å². The lowest BCUT2D eigenvalue weighted by atomic mass is 9.86. The number of esters is 1. The third-order valence-corrected chi connectivity index (χ3v) is 14.7. The van der Waals surface area contributed by atoms with E-state index in [9.17, 15) is 27.2 Å². The molecule has 0 radical (unpaired) electrons. The summed E-state index contributed by atoms with van der Waals surface area (Å²) in [7, 11) is -2.43. The quantitative estimate of drug-likeness (QED) is 0.0876. The van der Waals surface area contributed by atoms with Gasteiger partial charge in [0.15, 0.2) is 8.32 Å². The second-order valence-electron chi connectivity index (χ2n) is 12.3. The van der Waals surface area contributed by atoms with Gasteiger partial charge in [0.25, 0.3) is 12.3 Å². The van der Waals surface area contributed by atoms with E-state index in [0.29, 0.717) is 37.3 Å². The van der Waals surface area contributed by atoms with Crippen LogP contribution in [0.15, 0.2) is 36.8 Å². The number of ether oxygens (including phenoxy) is 1. The largest absolute Gasteiger partial charge is 0.466 e.